The van der Waals surface area contributed by atoms with E-state index in [1.54, 1.807) is 49.5 Å². The van der Waals surface area contributed by atoms with E-state index in [-0.39, 0.29) is 24.8 Å². The fraction of sp³-hybridized carbons (Fsp3) is 0.364. The first-order valence-electron chi connectivity index (χ1n) is 9.69. The van der Waals surface area contributed by atoms with E-state index < -0.39 is 6.04 Å². The lowest BCUT2D eigenvalue weighted by atomic mass is 10.1. The van der Waals surface area contributed by atoms with Crippen LogP contribution in [0.25, 0.3) is 0 Å². The van der Waals surface area contributed by atoms with Crippen molar-refractivity contribution in [2.24, 2.45) is 0 Å². The number of carbonyl (C=O) groups is 2. The van der Waals surface area contributed by atoms with Crippen molar-refractivity contribution in [1.82, 2.24) is 10.2 Å². The normalized spacial score (nSPS) is 11.6. The van der Waals surface area contributed by atoms with Gasteiger partial charge >= 0.3 is 0 Å². The maximum atomic E-state index is 13.0. The van der Waals surface area contributed by atoms with Crippen LogP contribution in [0.5, 0.6) is 5.75 Å². The molecular weight excluding hydrogens is 447 g/mol. The number of hydrogen-bond acceptors (Lipinski definition) is 3. The van der Waals surface area contributed by atoms with Gasteiger partial charge < -0.3 is 15.0 Å². The Morgan fingerprint density at radius 1 is 1.07 bits per heavy atom. The Morgan fingerprint density at radius 2 is 1.70 bits per heavy atom. The maximum Gasteiger partial charge on any atom is 0.242 e. The summed E-state index contributed by atoms with van der Waals surface area (Å²) in [4.78, 5) is 27.0. The van der Waals surface area contributed by atoms with Crippen LogP contribution < -0.4 is 10.1 Å². The van der Waals surface area contributed by atoms with Gasteiger partial charge in [-0.25, -0.2) is 0 Å². The number of rotatable bonds is 10. The van der Waals surface area contributed by atoms with Crippen LogP contribution in [0.4, 0.5) is 0 Å². The molecule has 0 bridgehead atoms. The molecule has 0 aromatic heterocycles. The second-order valence-electron chi connectivity index (χ2n) is 6.67. The summed E-state index contributed by atoms with van der Waals surface area (Å²) in [6.07, 6.45) is 1.19. The van der Waals surface area contributed by atoms with E-state index in [0.717, 1.165) is 0 Å². The van der Waals surface area contributed by atoms with Crippen LogP contribution in [0, 0.1) is 0 Å². The molecule has 0 saturated carbocycles. The lowest BCUT2D eigenvalue weighted by Crippen LogP contribution is -2.48. The van der Waals surface area contributed by atoms with E-state index in [1.165, 1.54) is 4.90 Å². The molecule has 1 unspecified atom stereocenters. The first-order valence-corrected chi connectivity index (χ1v) is 10.8. The number of amides is 2. The Kier molecular flexibility index (Phi) is 9.76. The SMILES string of the molecule is CCC(C(=O)NC)N(Cc1c(Cl)cccc1Cl)C(=O)CCCOc1ccc(Cl)cc1. The standard InChI is InChI=1S/C22H25Cl3N2O3/c1-3-20(22(29)26-2)27(14-17-18(24)6-4-7-19(17)25)21(28)8-5-13-30-16-11-9-15(23)10-12-16/h4,6-7,9-12,20H,3,5,8,13-14H2,1-2H3,(H,26,29). The van der Waals surface area contributed by atoms with E-state index in [2.05, 4.69) is 5.32 Å². The number of ether oxygens (including phenoxy) is 1. The van der Waals surface area contributed by atoms with E-state index >= 15 is 0 Å². The summed E-state index contributed by atoms with van der Waals surface area (Å²) < 4.78 is 5.65. The van der Waals surface area contributed by atoms with E-state index in [4.69, 9.17) is 39.5 Å². The van der Waals surface area contributed by atoms with Gasteiger partial charge in [-0.1, -0.05) is 47.8 Å². The molecule has 162 valence electrons. The number of nitrogens with one attached hydrogen (secondary N) is 1. The third kappa shape index (κ3) is 6.79. The highest BCUT2D eigenvalue weighted by molar-refractivity contribution is 6.36. The molecule has 0 fully saturated rings. The maximum absolute atomic E-state index is 13.0. The molecule has 0 aliphatic rings. The van der Waals surface area contributed by atoms with Gasteiger partial charge in [0.15, 0.2) is 0 Å². The predicted molar refractivity (Wildman–Crippen MR) is 121 cm³/mol. The van der Waals surface area contributed by atoms with Crippen LogP contribution in [-0.2, 0) is 16.1 Å². The second kappa shape index (κ2) is 12.0. The zero-order valence-electron chi connectivity index (χ0n) is 17.0. The Balaban J connectivity index is 2.07. The summed E-state index contributed by atoms with van der Waals surface area (Å²) in [5, 5.41) is 4.17. The summed E-state index contributed by atoms with van der Waals surface area (Å²) >= 11 is 18.4. The van der Waals surface area contributed by atoms with Crippen molar-refractivity contribution in [3.63, 3.8) is 0 Å². The van der Waals surface area contributed by atoms with Crippen molar-refractivity contribution < 1.29 is 14.3 Å². The van der Waals surface area contributed by atoms with Crippen LogP contribution in [0.3, 0.4) is 0 Å². The van der Waals surface area contributed by atoms with Crippen LogP contribution in [0.15, 0.2) is 42.5 Å². The Bertz CT molecular complexity index is 839. The van der Waals surface area contributed by atoms with Gasteiger partial charge in [-0.15, -0.1) is 0 Å². The monoisotopic (exact) mass is 470 g/mol. The van der Waals surface area contributed by atoms with E-state index in [0.29, 0.717) is 45.8 Å². The van der Waals surface area contributed by atoms with Crippen molar-refractivity contribution in [3.05, 3.63) is 63.1 Å². The zero-order valence-corrected chi connectivity index (χ0v) is 19.2. The van der Waals surface area contributed by atoms with Crippen LogP contribution in [-0.4, -0.2) is 36.4 Å². The molecule has 0 radical (unpaired) electrons. The minimum atomic E-state index is -0.618. The minimum Gasteiger partial charge on any atom is -0.494 e. The molecule has 2 aromatic carbocycles. The lowest BCUT2D eigenvalue weighted by molar-refractivity contribution is -0.141. The lowest BCUT2D eigenvalue weighted by Gasteiger charge is -2.31. The van der Waals surface area contributed by atoms with Gasteiger partial charge in [0, 0.05) is 40.6 Å². The second-order valence-corrected chi connectivity index (χ2v) is 7.92. The Labute approximate surface area is 192 Å². The van der Waals surface area contributed by atoms with Gasteiger partial charge in [0.25, 0.3) is 0 Å². The molecule has 0 aliphatic heterocycles. The van der Waals surface area contributed by atoms with Gasteiger partial charge in [0.2, 0.25) is 11.8 Å². The first kappa shape index (κ1) is 24.3. The summed E-state index contributed by atoms with van der Waals surface area (Å²) in [6, 6.07) is 11.6. The predicted octanol–water partition coefficient (Wildman–Crippen LogP) is 5.36. The third-order valence-electron chi connectivity index (χ3n) is 4.64. The number of benzene rings is 2. The smallest absolute Gasteiger partial charge is 0.242 e. The molecule has 2 amide bonds. The molecule has 5 nitrogen and oxygen atoms in total. The summed E-state index contributed by atoms with van der Waals surface area (Å²) in [5.41, 5.74) is 0.619. The Hall–Kier alpha value is -1.95. The number of likely N-dealkylation sites (N-methyl/N-ethyl adjacent to an activating group) is 1. The van der Waals surface area contributed by atoms with Gasteiger partial charge in [-0.3, -0.25) is 9.59 Å². The molecule has 0 heterocycles. The van der Waals surface area contributed by atoms with Crippen molar-refractivity contribution in [2.75, 3.05) is 13.7 Å². The van der Waals surface area contributed by atoms with E-state index in [1.807, 2.05) is 6.92 Å². The van der Waals surface area contributed by atoms with Crippen LogP contribution >= 0.6 is 34.8 Å². The molecule has 1 atom stereocenters. The largest absolute Gasteiger partial charge is 0.494 e. The quantitative estimate of drug-likeness (QED) is 0.475. The van der Waals surface area contributed by atoms with Gasteiger partial charge in [0.1, 0.15) is 11.8 Å². The average molecular weight is 472 g/mol. The third-order valence-corrected chi connectivity index (χ3v) is 5.60. The summed E-state index contributed by atoms with van der Waals surface area (Å²) in [6.45, 7) is 2.38. The van der Waals surface area contributed by atoms with Gasteiger partial charge in [0.05, 0.1) is 6.61 Å². The molecule has 0 spiro atoms. The zero-order chi connectivity index (χ0) is 22.1. The molecule has 1 N–H and O–H groups in total. The number of carbonyl (C=O) groups excluding carboxylic acids is 2. The minimum absolute atomic E-state index is 0.154. The number of nitrogens with zero attached hydrogens (tertiary/aromatic N) is 1. The van der Waals surface area contributed by atoms with Gasteiger partial charge in [-0.2, -0.15) is 0 Å². The molecule has 8 heteroatoms. The molecule has 30 heavy (non-hydrogen) atoms. The molecular formula is C22H25Cl3N2O3. The summed E-state index contributed by atoms with van der Waals surface area (Å²) in [5.74, 6) is 0.288. The molecule has 0 aliphatic carbocycles. The Morgan fingerprint density at radius 3 is 2.27 bits per heavy atom. The molecule has 2 rings (SSSR count). The molecule has 0 saturated heterocycles. The topological polar surface area (TPSA) is 58.6 Å². The highest BCUT2D eigenvalue weighted by Gasteiger charge is 2.28. The van der Waals surface area contributed by atoms with Gasteiger partial charge in [-0.05, 0) is 49.2 Å². The van der Waals surface area contributed by atoms with Crippen molar-refractivity contribution in [1.29, 1.82) is 0 Å². The fourth-order valence-electron chi connectivity index (χ4n) is 3.03. The average Bonchev–Trinajstić information content (AvgIpc) is 2.73. The molecule has 2 aromatic rings. The number of hydrogen-bond donors (Lipinski definition) is 1. The highest BCUT2D eigenvalue weighted by atomic mass is 35.5. The highest BCUT2D eigenvalue weighted by Crippen LogP contribution is 2.27. The van der Waals surface area contributed by atoms with Crippen molar-refractivity contribution in [2.45, 2.75) is 38.8 Å². The first-order chi connectivity index (χ1) is 14.4. The van der Waals surface area contributed by atoms with Crippen LogP contribution in [0.1, 0.15) is 31.7 Å². The van der Waals surface area contributed by atoms with Crippen molar-refractivity contribution >= 4 is 46.6 Å². The van der Waals surface area contributed by atoms with E-state index in [9.17, 15) is 9.59 Å². The summed E-state index contributed by atoms with van der Waals surface area (Å²) in [7, 11) is 1.55. The number of halogens is 3. The fourth-order valence-corrected chi connectivity index (χ4v) is 3.67. The van der Waals surface area contributed by atoms with Crippen LogP contribution in [0.2, 0.25) is 15.1 Å². The van der Waals surface area contributed by atoms with Crippen molar-refractivity contribution in [3.8, 4) is 5.75 Å².